The lowest BCUT2D eigenvalue weighted by atomic mass is 10.1. The van der Waals surface area contributed by atoms with Crippen LogP contribution in [0.2, 0.25) is 0 Å². The molecule has 17 heteroatoms. The van der Waals surface area contributed by atoms with Crippen molar-refractivity contribution >= 4 is 35.9 Å². The van der Waals surface area contributed by atoms with E-state index in [0.717, 1.165) is 6.29 Å². The molecule has 0 aliphatic carbocycles. The molecule has 17 nitrogen and oxygen atoms in total. The van der Waals surface area contributed by atoms with E-state index >= 15 is 0 Å². The standard InChI is InChI=1S/C31H55N5O12/c1-25(2)27(38)5-17-46-19-21-48-22-20-47-18-6-32-28(39)4-3-26(31(44)45)36-13-11-33(15-16-37)7-8-34(23-29(40)41)9-10-35(12-14-36)24-30(42)43/h16,25-26H,3-15,17-24H2,1-2H3,(H,32,39)(H,40,41)(H,42,43)(H,44,45). The van der Waals surface area contributed by atoms with Gasteiger partial charge in [-0.25, -0.2) is 0 Å². The number of carbonyl (C=O) groups is 6. The van der Waals surface area contributed by atoms with E-state index in [4.69, 9.17) is 14.2 Å². The summed E-state index contributed by atoms with van der Waals surface area (Å²) < 4.78 is 16.2. The van der Waals surface area contributed by atoms with Gasteiger partial charge >= 0.3 is 17.9 Å². The predicted molar refractivity (Wildman–Crippen MR) is 173 cm³/mol. The maximum absolute atomic E-state index is 12.5. The molecule has 4 N–H and O–H groups in total. The molecule has 1 aliphatic heterocycles. The summed E-state index contributed by atoms with van der Waals surface area (Å²) in [5, 5.41) is 31.5. The molecule has 0 aromatic rings. The van der Waals surface area contributed by atoms with Crippen LogP contribution in [-0.2, 0) is 43.0 Å². The van der Waals surface area contributed by atoms with Gasteiger partial charge in [0.25, 0.3) is 0 Å². The van der Waals surface area contributed by atoms with Gasteiger partial charge in [-0.3, -0.25) is 43.6 Å². The monoisotopic (exact) mass is 689 g/mol. The molecular formula is C31H55N5O12. The van der Waals surface area contributed by atoms with E-state index in [1.165, 1.54) is 0 Å². The number of hydrogen-bond acceptors (Lipinski definition) is 13. The van der Waals surface area contributed by atoms with Crippen LogP contribution in [0.15, 0.2) is 0 Å². The van der Waals surface area contributed by atoms with Gasteiger partial charge in [0, 0.05) is 77.7 Å². The highest BCUT2D eigenvalue weighted by Gasteiger charge is 2.28. The van der Waals surface area contributed by atoms with E-state index in [9.17, 15) is 44.1 Å². The number of aliphatic carboxylic acids is 3. The second kappa shape index (κ2) is 25.9. The van der Waals surface area contributed by atoms with Gasteiger partial charge in [-0.05, 0) is 6.42 Å². The highest BCUT2D eigenvalue weighted by molar-refractivity contribution is 5.80. The number of rotatable bonds is 24. The van der Waals surface area contributed by atoms with Gasteiger partial charge in [0.2, 0.25) is 5.91 Å². The molecule has 1 heterocycles. The Labute approximate surface area is 282 Å². The first-order valence-corrected chi connectivity index (χ1v) is 16.5. The van der Waals surface area contributed by atoms with Crippen molar-refractivity contribution in [2.45, 2.75) is 39.2 Å². The van der Waals surface area contributed by atoms with Gasteiger partial charge in [-0.2, -0.15) is 0 Å². The average Bonchev–Trinajstić information content (AvgIpc) is 3.01. The van der Waals surface area contributed by atoms with Crippen LogP contribution in [0.3, 0.4) is 0 Å². The van der Waals surface area contributed by atoms with Crippen molar-refractivity contribution in [3.05, 3.63) is 0 Å². The summed E-state index contributed by atoms with van der Waals surface area (Å²) in [6.07, 6.45) is 1.08. The molecule has 1 amide bonds. The number of ketones is 1. The van der Waals surface area contributed by atoms with Crippen LogP contribution in [0.25, 0.3) is 0 Å². The van der Waals surface area contributed by atoms with Gasteiger partial charge in [0.05, 0.1) is 59.3 Å². The molecule has 1 atom stereocenters. The zero-order valence-electron chi connectivity index (χ0n) is 28.4. The quantitative estimate of drug-likeness (QED) is 0.0676. The fourth-order valence-electron chi connectivity index (χ4n) is 4.94. The summed E-state index contributed by atoms with van der Waals surface area (Å²) in [6.45, 7) is 7.71. The number of hydrogen-bond donors (Lipinski definition) is 4. The van der Waals surface area contributed by atoms with E-state index in [1.807, 2.05) is 18.7 Å². The Balaban J connectivity index is 2.55. The van der Waals surface area contributed by atoms with E-state index in [0.29, 0.717) is 59.1 Å². The lowest BCUT2D eigenvalue weighted by Gasteiger charge is -2.35. The summed E-state index contributed by atoms with van der Waals surface area (Å²) in [5.41, 5.74) is 0. The minimum absolute atomic E-state index is 0.00209. The molecule has 0 spiro atoms. The number of carbonyl (C=O) groups excluding carboxylic acids is 3. The van der Waals surface area contributed by atoms with Crippen LogP contribution < -0.4 is 5.32 Å². The highest BCUT2D eigenvalue weighted by Crippen LogP contribution is 2.10. The zero-order chi connectivity index (χ0) is 35.7. The number of nitrogens with one attached hydrogen (secondary N) is 1. The molecule has 1 saturated heterocycles. The van der Waals surface area contributed by atoms with Gasteiger partial charge in [0.1, 0.15) is 18.1 Å². The molecule has 0 radical (unpaired) electrons. The Morgan fingerprint density at radius 2 is 1.17 bits per heavy atom. The van der Waals surface area contributed by atoms with Gasteiger partial charge in [0.15, 0.2) is 0 Å². The maximum Gasteiger partial charge on any atom is 0.320 e. The third kappa shape index (κ3) is 21.0. The molecule has 276 valence electrons. The normalized spacial score (nSPS) is 16.9. The Morgan fingerprint density at radius 1 is 0.688 bits per heavy atom. The Hall–Kier alpha value is -3.06. The van der Waals surface area contributed by atoms with E-state index < -0.39 is 23.9 Å². The van der Waals surface area contributed by atoms with Crippen LogP contribution >= 0.6 is 0 Å². The van der Waals surface area contributed by atoms with Gasteiger partial charge < -0.3 is 39.6 Å². The third-order valence-electron chi connectivity index (χ3n) is 7.74. The van der Waals surface area contributed by atoms with Gasteiger partial charge in [-0.15, -0.1) is 0 Å². The number of aldehydes is 1. The summed E-state index contributed by atoms with van der Waals surface area (Å²) >= 11 is 0. The van der Waals surface area contributed by atoms with E-state index in [1.54, 1.807) is 14.7 Å². The molecule has 0 saturated carbocycles. The van der Waals surface area contributed by atoms with E-state index in [-0.39, 0.29) is 96.0 Å². The van der Waals surface area contributed by atoms with Crippen molar-refractivity contribution in [3.8, 4) is 0 Å². The molecule has 1 unspecified atom stereocenters. The first-order valence-electron chi connectivity index (χ1n) is 16.5. The highest BCUT2D eigenvalue weighted by atomic mass is 16.5. The molecule has 1 rings (SSSR count). The van der Waals surface area contributed by atoms with Crippen molar-refractivity contribution in [1.29, 1.82) is 0 Å². The van der Waals surface area contributed by atoms with Gasteiger partial charge in [-0.1, -0.05) is 13.8 Å². The fraction of sp³-hybridized carbons (Fsp3) is 0.806. The van der Waals surface area contributed by atoms with Crippen LogP contribution in [0.1, 0.15) is 33.1 Å². The number of carboxylic acid groups (broad SMARTS) is 3. The smallest absolute Gasteiger partial charge is 0.320 e. The SMILES string of the molecule is CC(C)C(=O)CCOCCOCCOCCNC(=O)CCC(C(=O)O)N1CCN(CC=O)CCN(CC(=O)O)CCN(CC(=O)O)CC1. The molecule has 0 aromatic carbocycles. The Morgan fingerprint density at radius 3 is 1.67 bits per heavy atom. The Kier molecular flexibility index (Phi) is 23.2. The number of ether oxygens (including phenoxy) is 3. The van der Waals surface area contributed by atoms with Crippen LogP contribution in [0.5, 0.6) is 0 Å². The summed E-state index contributed by atoms with van der Waals surface area (Å²) in [5.74, 6) is -3.37. The molecule has 1 fully saturated rings. The second-order valence-corrected chi connectivity index (χ2v) is 11.8. The summed E-state index contributed by atoms with van der Waals surface area (Å²) in [4.78, 5) is 77.4. The number of nitrogens with zero attached hydrogens (tertiary/aromatic N) is 4. The van der Waals surface area contributed by atoms with Crippen molar-refractivity contribution in [2.24, 2.45) is 5.92 Å². The maximum atomic E-state index is 12.5. The van der Waals surface area contributed by atoms with Crippen molar-refractivity contribution < 1.29 is 58.3 Å². The molecule has 48 heavy (non-hydrogen) atoms. The number of carboxylic acids is 3. The largest absolute Gasteiger partial charge is 0.480 e. The number of amides is 1. The first-order chi connectivity index (χ1) is 22.9. The van der Waals surface area contributed by atoms with Crippen molar-refractivity contribution in [3.63, 3.8) is 0 Å². The Bertz CT molecular complexity index is 986. The average molecular weight is 690 g/mol. The third-order valence-corrected chi connectivity index (χ3v) is 7.74. The molecule has 1 aliphatic rings. The lowest BCUT2D eigenvalue weighted by Crippen LogP contribution is -2.51. The second-order valence-electron chi connectivity index (χ2n) is 11.8. The molecular weight excluding hydrogens is 634 g/mol. The van der Waals surface area contributed by atoms with Crippen molar-refractivity contribution in [1.82, 2.24) is 24.9 Å². The number of Topliss-reactive ketones (excluding diaryl/α,β-unsaturated/α-hetero) is 1. The summed E-state index contributed by atoms with van der Waals surface area (Å²) in [6, 6.07) is -1.03. The van der Waals surface area contributed by atoms with Crippen LogP contribution in [0, 0.1) is 5.92 Å². The van der Waals surface area contributed by atoms with Crippen molar-refractivity contribution in [2.75, 3.05) is 118 Å². The predicted octanol–water partition coefficient (Wildman–Crippen LogP) is -1.41. The zero-order valence-corrected chi connectivity index (χ0v) is 28.4. The lowest BCUT2D eigenvalue weighted by molar-refractivity contribution is -0.144. The minimum atomic E-state index is -1.12. The van der Waals surface area contributed by atoms with Crippen LogP contribution in [0.4, 0.5) is 0 Å². The minimum Gasteiger partial charge on any atom is -0.480 e. The first kappa shape index (κ1) is 43.0. The van der Waals surface area contributed by atoms with Crippen LogP contribution in [-0.4, -0.2) is 195 Å². The molecule has 0 aromatic heterocycles. The fourth-order valence-corrected chi connectivity index (χ4v) is 4.94. The molecule has 0 bridgehead atoms. The topological polar surface area (TPSA) is 216 Å². The summed E-state index contributed by atoms with van der Waals surface area (Å²) in [7, 11) is 0. The van der Waals surface area contributed by atoms with E-state index in [2.05, 4.69) is 5.32 Å².